The van der Waals surface area contributed by atoms with Crippen LogP contribution >= 0.6 is 0 Å². The van der Waals surface area contributed by atoms with Crippen molar-refractivity contribution in [3.8, 4) is 0 Å². The van der Waals surface area contributed by atoms with Gasteiger partial charge in [0.25, 0.3) is 5.91 Å². The highest BCUT2D eigenvalue weighted by atomic mass is 16.4. The van der Waals surface area contributed by atoms with Crippen molar-refractivity contribution in [2.24, 2.45) is 0 Å². The van der Waals surface area contributed by atoms with Gasteiger partial charge in [-0.15, -0.1) is 0 Å². The Morgan fingerprint density at radius 3 is 2.10 bits per heavy atom. The van der Waals surface area contributed by atoms with E-state index in [4.69, 9.17) is 5.11 Å². The van der Waals surface area contributed by atoms with Crippen LogP contribution in [0.5, 0.6) is 0 Å². The molecule has 0 heterocycles. The van der Waals surface area contributed by atoms with Gasteiger partial charge in [0.15, 0.2) is 0 Å². The molecule has 206 valence electrons. The second-order valence-electron chi connectivity index (χ2n) is 10.9. The molecule has 0 saturated heterocycles. The zero-order valence-corrected chi connectivity index (χ0v) is 23.0. The first-order valence-corrected chi connectivity index (χ1v) is 13.3. The fourth-order valence-electron chi connectivity index (χ4n) is 4.40. The Morgan fingerprint density at radius 1 is 0.800 bits per heavy atom. The van der Waals surface area contributed by atoms with Crippen molar-refractivity contribution in [1.82, 2.24) is 5.32 Å². The third-order valence-electron chi connectivity index (χ3n) is 6.70. The topological polar surface area (TPSA) is 108 Å². The van der Waals surface area contributed by atoms with Crippen molar-refractivity contribution in [2.75, 3.05) is 17.2 Å². The maximum atomic E-state index is 13.5. The van der Waals surface area contributed by atoms with E-state index in [2.05, 4.69) is 61.0 Å². The highest BCUT2D eigenvalue weighted by Gasteiger charge is 2.21. The number of hydrogen-bond donors (Lipinski definition) is 4. The number of carboxylic acid groups (broad SMARTS) is 1. The van der Waals surface area contributed by atoms with Gasteiger partial charge >= 0.3 is 5.97 Å². The van der Waals surface area contributed by atoms with Crippen molar-refractivity contribution < 1.29 is 19.5 Å². The molecule has 0 unspecified atom stereocenters. The highest BCUT2D eigenvalue weighted by Crippen LogP contribution is 2.24. The lowest BCUT2D eigenvalue weighted by molar-refractivity contribution is -0.136. The predicted octanol–water partition coefficient (Wildman–Crippen LogP) is 6.00. The molecule has 40 heavy (non-hydrogen) atoms. The summed E-state index contributed by atoms with van der Waals surface area (Å²) in [7, 11) is 0. The van der Waals surface area contributed by atoms with E-state index < -0.39 is 12.0 Å². The Labute approximate surface area is 234 Å². The van der Waals surface area contributed by atoms with Crippen LogP contribution in [0.2, 0.25) is 0 Å². The van der Waals surface area contributed by atoms with Crippen LogP contribution in [0.25, 0.3) is 10.8 Å². The summed E-state index contributed by atoms with van der Waals surface area (Å²) in [4.78, 5) is 36.5. The molecule has 0 radical (unpaired) electrons. The van der Waals surface area contributed by atoms with E-state index in [1.165, 1.54) is 5.56 Å². The molecule has 0 aromatic heterocycles. The number of fused-ring (bicyclic) bond motifs is 1. The van der Waals surface area contributed by atoms with E-state index >= 15 is 0 Å². The van der Waals surface area contributed by atoms with Crippen molar-refractivity contribution in [2.45, 2.75) is 45.1 Å². The fourth-order valence-corrected chi connectivity index (χ4v) is 4.40. The molecule has 4 aromatic carbocycles. The molecule has 4 aromatic rings. The van der Waals surface area contributed by atoms with Crippen LogP contribution < -0.4 is 16.0 Å². The Balaban J connectivity index is 1.52. The van der Waals surface area contributed by atoms with E-state index in [0.29, 0.717) is 17.7 Å². The Hall–Kier alpha value is -4.65. The monoisotopic (exact) mass is 537 g/mol. The van der Waals surface area contributed by atoms with Crippen LogP contribution in [0.1, 0.15) is 48.7 Å². The molecular weight excluding hydrogens is 502 g/mol. The fraction of sp³-hybridized carbons (Fsp3) is 0.242. The third-order valence-corrected chi connectivity index (χ3v) is 6.70. The van der Waals surface area contributed by atoms with Gasteiger partial charge in [0.05, 0.1) is 6.42 Å². The first kappa shape index (κ1) is 28.4. The van der Waals surface area contributed by atoms with Crippen LogP contribution in [0.15, 0.2) is 91.0 Å². The number of hydrogen-bond acceptors (Lipinski definition) is 4. The molecule has 1 atom stereocenters. The second-order valence-corrected chi connectivity index (χ2v) is 10.9. The predicted molar refractivity (Wildman–Crippen MR) is 160 cm³/mol. The summed E-state index contributed by atoms with van der Waals surface area (Å²) in [6, 6.07) is 28.4. The Kier molecular flexibility index (Phi) is 8.84. The zero-order chi connectivity index (χ0) is 28.7. The summed E-state index contributed by atoms with van der Waals surface area (Å²) >= 11 is 0. The molecule has 4 N–H and O–H groups in total. The summed E-state index contributed by atoms with van der Waals surface area (Å²) in [5.41, 5.74) is 4.03. The summed E-state index contributed by atoms with van der Waals surface area (Å²) in [6.45, 7) is 6.50. The molecule has 0 spiro atoms. The molecule has 0 bridgehead atoms. The van der Waals surface area contributed by atoms with Gasteiger partial charge in [0, 0.05) is 29.9 Å². The molecule has 7 heteroatoms. The SMILES string of the molecule is CC(C)(C)c1ccc(NC(=O)[C@H](Cc2ccc3ccccc3c2)Nc2ccc(C(=O)NCCC(=O)O)cc2)cc1. The first-order valence-electron chi connectivity index (χ1n) is 13.3. The van der Waals surface area contributed by atoms with Crippen LogP contribution in [0, 0.1) is 0 Å². The molecule has 0 aliphatic heterocycles. The minimum absolute atomic E-state index is 0.0159. The van der Waals surface area contributed by atoms with Gasteiger partial charge in [0.1, 0.15) is 6.04 Å². The van der Waals surface area contributed by atoms with Crippen LogP contribution in [0.3, 0.4) is 0 Å². The Morgan fingerprint density at radius 2 is 1.45 bits per heavy atom. The molecule has 4 rings (SSSR count). The number of anilines is 2. The number of rotatable bonds is 10. The number of nitrogens with one attached hydrogen (secondary N) is 3. The maximum Gasteiger partial charge on any atom is 0.305 e. The summed E-state index contributed by atoms with van der Waals surface area (Å²) in [6.07, 6.45) is 0.310. The lowest BCUT2D eigenvalue weighted by Crippen LogP contribution is -2.36. The van der Waals surface area contributed by atoms with E-state index in [1.807, 2.05) is 42.5 Å². The van der Waals surface area contributed by atoms with Crippen LogP contribution in [-0.2, 0) is 21.4 Å². The number of carbonyl (C=O) groups excluding carboxylic acids is 2. The number of aliphatic carboxylic acids is 1. The minimum Gasteiger partial charge on any atom is -0.481 e. The lowest BCUT2D eigenvalue weighted by atomic mass is 9.87. The van der Waals surface area contributed by atoms with Crippen LogP contribution in [-0.4, -0.2) is 35.5 Å². The van der Waals surface area contributed by atoms with Crippen molar-refractivity contribution in [3.05, 3.63) is 108 Å². The average Bonchev–Trinajstić information content (AvgIpc) is 2.92. The molecular formula is C33H35N3O4. The third kappa shape index (κ3) is 7.69. The summed E-state index contributed by atoms with van der Waals surface area (Å²) < 4.78 is 0. The lowest BCUT2D eigenvalue weighted by Gasteiger charge is -2.22. The van der Waals surface area contributed by atoms with E-state index in [-0.39, 0.29) is 30.2 Å². The zero-order valence-electron chi connectivity index (χ0n) is 23.0. The number of carbonyl (C=O) groups is 3. The van der Waals surface area contributed by atoms with Crippen molar-refractivity contribution in [1.29, 1.82) is 0 Å². The molecule has 7 nitrogen and oxygen atoms in total. The first-order chi connectivity index (χ1) is 19.1. The van der Waals surface area contributed by atoms with Crippen molar-refractivity contribution in [3.63, 3.8) is 0 Å². The van der Waals surface area contributed by atoms with Gasteiger partial charge in [-0.2, -0.15) is 0 Å². The van der Waals surface area contributed by atoms with E-state index in [0.717, 1.165) is 22.0 Å². The molecule has 0 aliphatic carbocycles. The van der Waals surface area contributed by atoms with Gasteiger partial charge < -0.3 is 21.1 Å². The number of carboxylic acids is 1. The van der Waals surface area contributed by atoms with Gasteiger partial charge in [-0.3, -0.25) is 14.4 Å². The van der Waals surface area contributed by atoms with Crippen LogP contribution in [0.4, 0.5) is 11.4 Å². The normalized spacial score (nSPS) is 12.0. The molecule has 0 fully saturated rings. The smallest absolute Gasteiger partial charge is 0.305 e. The van der Waals surface area contributed by atoms with Gasteiger partial charge in [-0.25, -0.2) is 0 Å². The number of benzene rings is 4. The summed E-state index contributed by atoms with van der Waals surface area (Å²) in [5, 5.41) is 20.0. The van der Waals surface area contributed by atoms with Crippen molar-refractivity contribution >= 4 is 39.9 Å². The minimum atomic E-state index is -0.972. The summed E-state index contributed by atoms with van der Waals surface area (Å²) in [5.74, 6) is -1.50. The van der Waals surface area contributed by atoms with E-state index in [9.17, 15) is 14.4 Å². The van der Waals surface area contributed by atoms with E-state index in [1.54, 1.807) is 24.3 Å². The molecule has 0 aliphatic rings. The maximum absolute atomic E-state index is 13.5. The average molecular weight is 538 g/mol. The highest BCUT2D eigenvalue weighted by molar-refractivity contribution is 5.97. The standard InChI is InChI=1S/C33H35N3O4/c1-33(2,3)26-12-16-28(17-13-26)36-32(40)29(21-22-8-9-23-6-4-5-7-25(23)20-22)35-27-14-10-24(11-15-27)31(39)34-19-18-30(37)38/h4-17,20,29,35H,18-19,21H2,1-3H3,(H,34,39)(H,36,40)(H,37,38)/t29-/m0/s1. The van der Waals surface area contributed by atoms with Gasteiger partial charge in [-0.1, -0.05) is 75.4 Å². The largest absolute Gasteiger partial charge is 0.481 e. The van der Waals surface area contributed by atoms with Gasteiger partial charge in [0.2, 0.25) is 5.91 Å². The quantitative estimate of drug-likeness (QED) is 0.198. The number of amides is 2. The molecule has 0 saturated carbocycles. The second kappa shape index (κ2) is 12.5. The Bertz CT molecular complexity index is 1490. The molecule has 2 amide bonds. The van der Waals surface area contributed by atoms with Gasteiger partial charge in [-0.05, 0) is 63.7 Å².